The minimum absolute atomic E-state index is 0.0235. The van der Waals surface area contributed by atoms with Crippen LogP contribution in [0.2, 0.25) is 0 Å². The van der Waals surface area contributed by atoms with Gasteiger partial charge < -0.3 is 10.1 Å². The second-order valence-corrected chi connectivity index (χ2v) is 7.90. The zero-order valence-electron chi connectivity index (χ0n) is 13.2. The molecular formula is C16H22N2O4S. The van der Waals surface area contributed by atoms with Gasteiger partial charge in [-0.1, -0.05) is 12.8 Å². The van der Waals surface area contributed by atoms with Crippen molar-refractivity contribution in [3.63, 3.8) is 0 Å². The van der Waals surface area contributed by atoms with Gasteiger partial charge in [0, 0.05) is 17.6 Å². The summed E-state index contributed by atoms with van der Waals surface area (Å²) in [6.45, 7) is 0. The first-order valence-corrected chi connectivity index (χ1v) is 9.49. The Morgan fingerprint density at radius 3 is 2.43 bits per heavy atom. The van der Waals surface area contributed by atoms with E-state index in [1.54, 1.807) is 6.07 Å². The molecule has 2 N–H and O–H groups in total. The average Bonchev–Trinajstić information content (AvgIpc) is 3.20. The topological polar surface area (TPSA) is 84.5 Å². The van der Waals surface area contributed by atoms with Gasteiger partial charge in [0.1, 0.15) is 10.6 Å². The molecule has 0 radical (unpaired) electrons. The zero-order chi connectivity index (χ0) is 16.4. The Morgan fingerprint density at radius 2 is 1.83 bits per heavy atom. The molecule has 0 bridgehead atoms. The maximum atomic E-state index is 12.7. The number of sulfonamides is 1. The fraction of sp³-hybridized carbons (Fsp3) is 0.562. The number of methoxy groups -OCH3 is 1. The van der Waals surface area contributed by atoms with Crippen LogP contribution in [0, 0.1) is 0 Å². The van der Waals surface area contributed by atoms with Crippen LogP contribution < -0.4 is 14.8 Å². The van der Waals surface area contributed by atoms with Gasteiger partial charge in [-0.25, -0.2) is 13.1 Å². The maximum Gasteiger partial charge on any atom is 0.251 e. The lowest BCUT2D eigenvalue weighted by molar-refractivity contribution is 0.0951. The summed E-state index contributed by atoms with van der Waals surface area (Å²) in [4.78, 5) is 12.2. The summed E-state index contributed by atoms with van der Waals surface area (Å²) in [5.41, 5.74) is 0.337. The van der Waals surface area contributed by atoms with E-state index < -0.39 is 10.0 Å². The first kappa shape index (κ1) is 16.3. The van der Waals surface area contributed by atoms with Crippen LogP contribution in [0.25, 0.3) is 0 Å². The quantitative estimate of drug-likeness (QED) is 0.828. The summed E-state index contributed by atoms with van der Waals surface area (Å²) in [6.07, 6.45) is 5.74. The van der Waals surface area contributed by atoms with Crippen LogP contribution in [0.1, 0.15) is 48.9 Å². The molecule has 126 valence electrons. The molecule has 7 heteroatoms. The molecule has 1 amide bonds. The van der Waals surface area contributed by atoms with Crippen molar-refractivity contribution < 1.29 is 17.9 Å². The van der Waals surface area contributed by atoms with Gasteiger partial charge in [-0.05, 0) is 43.9 Å². The lowest BCUT2D eigenvalue weighted by Crippen LogP contribution is -2.33. The van der Waals surface area contributed by atoms with Gasteiger partial charge >= 0.3 is 0 Å². The number of ether oxygens (including phenoxy) is 1. The predicted molar refractivity (Wildman–Crippen MR) is 86.1 cm³/mol. The van der Waals surface area contributed by atoms with Crippen LogP contribution in [-0.2, 0) is 10.0 Å². The van der Waals surface area contributed by atoms with E-state index in [1.807, 2.05) is 0 Å². The highest BCUT2D eigenvalue weighted by Crippen LogP contribution is 2.28. The number of hydrogen-bond donors (Lipinski definition) is 2. The van der Waals surface area contributed by atoms with E-state index in [0.29, 0.717) is 5.56 Å². The van der Waals surface area contributed by atoms with E-state index >= 15 is 0 Å². The Hall–Kier alpha value is -1.60. The molecule has 2 fully saturated rings. The fourth-order valence-corrected chi connectivity index (χ4v) is 4.35. The minimum Gasteiger partial charge on any atom is -0.495 e. The predicted octanol–water partition coefficient (Wildman–Crippen LogP) is 1.81. The molecule has 0 saturated heterocycles. The molecule has 0 aromatic heterocycles. The van der Waals surface area contributed by atoms with E-state index in [4.69, 9.17) is 4.74 Å². The van der Waals surface area contributed by atoms with Crippen molar-refractivity contribution in [3.8, 4) is 5.75 Å². The Morgan fingerprint density at radius 1 is 1.13 bits per heavy atom. The molecule has 0 unspecified atom stereocenters. The molecule has 23 heavy (non-hydrogen) atoms. The molecule has 0 atom stereocenters. The van der Waals surface area contributed by atoms with Crippen LogP contribution in [-0.4, -0.2) is 33.5 Å². The van der Waals surface area contributed by atoms with E-state index in [1.165, 1.54) is 19.2 Å². The maximum absolute atomic E-state index is 12.7. The van der Waals surface area contributed by atoms with Gasteiger partial charge in [0.25, 0.3) is 5.91 Å². The third-order valence-corrected chi connectivity index (χ3v) is 5.85. The lowest BCUT2D eigenvalue weighted by atomic mass is 10.2. The fourth-order valence-electron chi connectivity index (χ4n) is 2.85. The first-order chi connectivity index (χ1) is 11.0. The number of benzene rings is 1. The second kappa shape index (κ2) is 6.49. The van der Waals surface area contributed by atoms with Crippen molar-refractivity contribution in [3.05, 3.63) is 23.8 Å². The minimum atomic E-state index is -3.71. The Bertz CT molecular complexity index is 692. The normalized spacial score (nSPS) is 18.8. The number of hydrogen-bond acceptors (Lipinski definition) is 4. The average molecular weight is 338 g/mol. The standard InChI is InChI=1S/C16H22N2O4S/c1-22-14-9-6-11(16(19)17-12-7-8-12)10-15(14)23(20,21)18-13-4-2-3-5-13/h6,9-10,12-13,18H,2-5,7-8H2,1H3,(H,17,19). The molecule has 2 aliphatic carbocycles. The van der Waals surface area contributed by atoms with Crippen molar-refractivity contribution in [1.29, 1.82) is 0 Å². The van der Waals surface area contributed by atoms with Crippen LogP contribution in [0.3, 0.4) is 0 Å². The Balaban J connectivity index is 1.86. The monoisotopic (exact) mass is 338 g/mol. The highest BCUT2D eigenvalue weighted by molar-refractivity contribution is 7.89. The molecule has 0 aliphatic heterocycles. The highest BCUT2D eigenvalue weighted by Gasteiger charge is 2.28. The van der Waals surface area contributed by atoms with Gasteiger partial charge in [0.15, 0.2) is 0 Å². The summed E-state index contributed by atoms with van der Waals surface area (Å²) in [6, 6.07) is 4.71. The van der Waals surface area contributed by atoms with Crippen molar-refractivity contribution in [2.45, 2.75) is 55.5 Å². The summed E-state index contributed by atoms with van der Waals surface area (Å²) in [7, 11) is -2.29. The number of carbonyl (C=O) groups is 1. The number of carbonyl (C=O) groups excluding carboxylic acids is 1. The van der Waals surface area contributed by atoms with Crippen LogP contribution in [0.5, 0.6) is 5.75 Å². The van der Waals surface area contributed by atoms with Gasteiger partial charge in [-0.2, -0.15) is 0 Å². The largest absolute Gasteiger partial charge is 0.495 e. The molecule has 2 saturated carbocycles. The van der Waals surface area contributed by atoms with E-state index in [0.717, 1.165) is 38.5 Å². The molecule has 6 nitrogen and oxygen atoms in total. The zero-order valence-corrected chi connectivity index (χ0v) is 14.0. The first-order valence-electron chi connectivity index (χ1n) is 8.01. The van der Waals surface area contributed by atoms with Gasteiger partial charge in [0.05, 0.1) is 7.11 Å². The Kier molecular flexibility index (Phi) is 4.59. The van der Waals surface area contributed by atoms with Gasteiger partial charge in [-0.3, -0.25) is 4.79 Å². The molecular weight excluding hydrogens is 316 g/mol. The van der Waals surface area contributed by atoms with Crippen molar-refractivity contribution in [1.82, 2.24) is 10.0 Å². The van der Waals surface area contributed by atoms with Crippen LogP contribution in [0.4, 0.5) is 0 Å². The number of nitrogens with one attached hydrogen (secondary N) is 2. The summed E-state index contributed by atoms with van der Waals surface area (Å²) in [5, 5.41) is 2.86. The van der Waals surface area contributed by atoms with E-state index in [2.05, 4.69) is 10.0 Å². The number of rotatable bonds is 6. The molecule has 0 spiro atoms. The molecule has 0 heterocycles. The SMILES string of the molecule is COc1ccc(C(=O)NC2CC2)cc1S(=O)(=O)NC1CCCC1. The van der Waals surface area contributed by atoms with E-state index in [-0.39, 0.29) is 28.6 Å². The molecule has 1 aromatic carbocycles. The third kappa shape index (κ3) is 3.84. The van der Waals surface area contributed by atoms with Crippen molar-refractivity contribution >= 4 is 15.9 Å². The molecule has 1 aromatic rings. The molecule has 2 aliphatic rings. The van der Waals surface area contributed by atoms with E-state index in [9.17, 15) is 13.2 Å². The summed E-state index contributed by atoms with van der Waals surface area (Å²) >= 11 is 0. The van der Waals surface area contributed by atoms with Crippen LogP contribution >= 0.6 is 0 Å². The van der Waals surface area contributed by atoms with Crippen LogP contribution in [0.15, 0.2) is 23.1 Å². The third-order valence-electron chi connectivity index (χ3n) is 4.30. The van der Waals surface area contributed by atoms with Crippen molar-refractivity contribution in [2.75, 3.05) is 7.11 Å². The Labute approximate surface area is 136 Å². The lowest BCUT2D eigenvalue weighted by Gasteiger charge is -2.15. The highest BCUT2D eigenvalue weighted by atomic mass is 32.2. The molecule has 3 rings (SSSR count). The van der Waals surface area contributed by atoms with Gasteiger partial charge in [-0.15, -0.1) is 0 Å². The smallest absolute Gasteiger partial charge is 0.251 e. The van der Waals surface area contributed by atoms with Crippen molar-refractivity contribution in [2.24, 2.45) is 0 Å². The summed E-state index contributed by atoms with van der Waals surface area (Å²) < 4.78 is 33.2. The van der Waals surface area contributed by atoms with Gasteiger partial charge in [0.2, 0.25) is 10.0 Å². The second-order valence-electron chi connectivity index (χ2n) is 6.22. The summed E-state index contributed by atoms with van der Waals surface area (Å²) in [5.74, 6) is 0.00550. The number of amides is 1.